The maximum Gasteiger partial charge on any atom is 0.281 e. The van der Waals surface area contributed by atoms with Gasteiger partial charge >= 0.3 is 0 Å². The van der Waals surface area contributed by atoms with Crippen LogP contribution in [0.2, 0.25) is 10.0 Å². The molecule has 0 unspecified atom stereocenters. The second-order valence-corrected chi connectivity index (χ2v) is 9.99. The highest BCUT2D eigenvalue weighted by Crippen LogP contribution is 2.32. The predicted molar refractivity (Wildman–Crippen MR) is 143 cm³/mol. The van der Waals surface area contributed by atoms with Crippen molar-refractivity contribution >= 4 is 51.4 Å². The molecule has 37 heavy (non-hydrogen) atoms. The Morgan fingerprint density at radius 2 is 1.84 bits per heavy atom. The van der Waals surface area contributed by atoms with Crippen LogP contribution in [0.4, 0.5) is 16.0 Å². The number of aromatic nitrogens is 5. The molecule has 0 aliphatic carbocycles. The van der Waals surface area contributed by atoms with Gasteiger partial charge < -0.3 is 10.2 Å². The van der Waals surface area contributed by atoms with Crippen molar-refractivity contribution in [3.63, 3.8) is 0 Å². The number of halogens is 3. The summed E-state index contributed by atoms with van der Waals surface area (Å²) < 4.78 is 17.9. The Labute approximate surface area is 221 Å². The molecule has 8 nitrogen and oxygen atoms in total. The molecule has 1 aliphatic heterocycles. The van der Waals surface area contributed by atoms with Crippen molar-refractivity contribution in [3.8, 4) is 5.69 Å². The number of likely N-dealkylation sites (tertiary alicyclic amines) is 1. The molecule has 1 aliphatic rings. The molecule has 0 amide bonds. The molecule has 0 saturated carbocycles. The van der Waals surface area contributed by atoms with Gasteiger partial charge in [0.15, 0.2) is 5.65 Å². The largest absolute Gasteiger partial charge is 0.324 e. The number of hydrogen-bond acceptors (Lipinski definition) is 6. The van der Waals surface area contributed by atoms with Crippen molar-refractivity contribution in [2.24, 2.45) is 0 Å². The van der Waals surface area contributed by atoms with Gasteiger partial charge in [-0.2, -0.15) is 0 Å². The van der Waals surface area contributed by atoms with Crippen LogP contribution in [0.5, 0.6) is 0 Å². The van der Waals surface area contributed by atoms with Crippen molar-refractivity contribution in [1.82, 2.24) is 29.0 Å². The molecule has 11 heteroatoms. The fraction of sp³-hybridized carbons (Fsp3) is 0.231. The molecule has 2 aromatic carbocycles. The third-order valence-corrected chi connectivity index (χ3v) is 7.43. The number of rotatable bonds is 4. The van der Waals surface area contributed by atoms with Gasteiger partial charge in [-0.15, -0.1) is 0 Å². The minimum absolute atomic E-state index is 0.213. The summed E-state index contributed by atoms with van der Waals surface area (Å²) in [6, 6.07) is 10.1. The van der Waals surface area contributed by atoms with Gasteiger partial charge in [0, 0.05) is 24.3 Å². The predicted octanol–water partition coefficient (Wildman–Crippen LogP) is 5.43. The Hall–Kier alpha value is -3.53. The van der Waals surface area contributed by atoms with E-state index in [0.29, 0.717) is 32.6 Å². The second-order valence-electron chi connectivity index (χ2n) is 9.18. The molecule has 1 fully saturated rings. The average molecular weight is 538 g/mol. The molecule has 0 atom stereocenters. The standard InChI is InChI=1S/C26H22Cl2FN7O/c1-34-10-7-15(8-11-34)17-6-5-16(13-21(17)29)32-26-31-14-18-22(33-26)24-30-9-12-35(24)36(25(18)37)23-19(27)3-2-4-20(23)28/h2-6,9,12-15H,7-8,10-11H2,1H3,(H,31,32,33). The van der Waals surface area contributed by atoms with Gasteiger partial charge in [-0.25, -0.2) is 28.5 Å². The number of nitrogens with zero attached hydrogens (tertiary/aromatic N) is 6. The number of piperidine rings is 1. The van der Waals surface area contributed by atoms with Crippen molar-refractivity contribution in [1.29, 1.82) is 0 Å². The van der Waals surface area contributed by atoms with Crippen LogP contribution >= 0.6 is 23.2 Å². The van der Waals surface area contributed by atoms with Crippen LogP contribution in [-0.4, -0.2) is 49.2 Å². The van der Waals surface area contributed by atoms with E-state index < -0.39 is 5.56 Å². The number of imidazole rings is 1. The third-order valence-electron chi connectivity index (χ3n) is 6.82. The van der Waals surface area contributed by atoms with E-state index in [0.717, 1.165) is 31.5 Å². The van der Waals surface area contributed by atoms with Crippen molar-refractivity contribution in [2.45, 2.75) is 18.8 Å². The maximum atomic E-state index is 15.0. The zero-order valence-electron chi connectivity index (χ0n) is 19.8. The summed E-state index contributed by atoms with van der Waals surface area (Å²) in [4.78, 5) is 29.0. The summed E-state index contributed by atoms with van der Waals surface area (Å²) in [6.45, 7) is 1.92. The van der Waals surface area contributed by atoms with Gasteiger partial charge in [0.05, 0.1) is 15.4 Å². The summed E-state index contributed by atoms with van der Waals surface area (Å²) in [5.74, 6) is 0.178. The first-order valence-electron chi connectivity index (χ1n) is 11.8. The third kappa shape index (κ3) is 4.22. The summed E-state index contributed by atoms with van der Waals surface area (Å²) in [5, 5.41) is 3.92. The smallest absolute Gasteiger partial charge is 0.281 e. The van der Waals surface area contributed by atoms with Gasteiger partial charge in [-0.3, -0.25) is 4.79 Å². The van der Waals surface area contributed by atoms with Crippen LogP contribution in [0.3, 0.4) is 0 Å². The minimum Gasteiger partial charge on any atom is -0.324 e. The van der Waals surface area contributed by atoms with Crippen LogP contribution in [0.1, 0.15) is 24.3 Å². The molecule has 0 radical (unpaired) electrons. The highest BCUT2D eigenvalue weighted by atomic mass is 35.5. The summed E-state index contributed by atoms with van der Waals surface area (Å²) in [7, 11) is 2.08. The minimum atomic E-state index is -0.407. The van der Waals surface area contributed by atoms with Gasteiger partial charge in [-0.1, -0.05) is 35.3 Å². The Bertz CT molecular complexity index is 1690. The Kier molecular flexibility index (Phi) is 6.06. The van der Waals surface area contributed by atoms with Crippen LogP contribution in [-0.2, 0) is 0 Å². The lowest BCUT2D eigenvalue weighted by atomic mass is 9.89. The monoisotopic (exact) mass is 537 g/mol. The van der Waals surface area contributed by atoms with E-state index in [1.54, 1.807) is 35.1 Å². The van der Waals surface area contributed by atoms with Crippen molar-refractivity contribution in [3.05, 3.63) is 86.8 Å². The van der Waals surface area contributed by atoms with Crippen LogP contribution in [0.25, 0.3) is 22.2 Å². The van der Waals surface area contributed by atoms with Crippen LogP contribution in [0, 0.1) is 5.82 Å². The molecule has 1 saturated heterocycles. The van der Waals surface area contributed by atoms with E-state index >= 15 is 4.39 Å². The molecule has 6 rings (SSSR count). The van der Waals surface area contributed by atoms with Crippen molar-refractivity contribution < 1.29 is 4.39 Å². The number of para-hydroxylation sites is 1. The molecular weight excluding hydrogens is 516 g/mol. The highest BCUT2D eigenvalue weighted by molar-refractivity contribution is 6.37. The first kappa shape index (κ1) is 23.8. The number of nitrogens with one attached hydrogen (secondary N) is 1. The molecule has 0 spiro atoms. The van der Waals surface area contributed by atoms with Gasteiger partial charge in [0.25, 0.3) is 5.56 Å². The summed E-state index contributed by atoms with van der Waals surface area (Å²) in [6.07, 6.45) is 6.48. The summed E-state index contributed by atoms with van der Waals surface area (Å²) >= 11 is 12.8. The van der Waals surface area contributed by atoms with E-state index in [2.05, 4.69) is 32.2 Å². The Morgan fingerprint density at radius 1 is 1.08 bits per heavy atom. The lowest BCUT2D eigenvalue weighted by Gasteiger charge is -2.29. The first-order valence-corrected chi connectivity index (χ1v) is 12.6. The lowest BCUT2D eigenvalue weighted by molar-refractivity contribution is 0.253. The quantitative estimate of drug-likeness (QED) is 0.329. The van der Waals surface area contributed by atoms with E-state index in [1.165, 1.54) is 16.9 Å². The average Bonchev–Trinajstić information content (AvgIpc) is 3.36. The molecule has 3 aromatic heterocycles. The fourth-order valence-corrected chi connectivity index (χ4v) is 5.45. The Balaban J connectivity index is 1.38. The maximum absolute atomic E-state index is 15.0. The van der Waals surface area contributed by atoms with E-state index in [1.807, 2.05) is 12.1 Å². The fourth-order valence-electron chi connectivity index (χ4n) is 4.89. The van der Waals surface area contributed by atoms with Gasteiger partial charge in [0.1, 0.15) is 17.0 Å². The second kappa shape index (κ2) is 9.41. The number of anilines is 2. The van der Waals surface area contributed by atoms with Gasteiger partial charge in [-0.05, 0) is 68.7 Å². The number of benzene rings is 2. The number of hydrogen-bond donors (Lipinski definition) is 1. The topological polar surface area (TPSA) is 80.4 Å². The molecule has 5 aromatic rings. The number of fused-ring (bicyclic) bond motifs is 3. The summed E-state index contributed by atoms with van der Waals surface area (Å²) in [5.41, 5.74) is 1.94. The first-order chi connectivity index (χ1) is 17.9. The lowest BCUT2D eigenvalue weighted by Crippen LogP contribution is -2.29. The van der Waals surface area contributed by atoms with E-state index in [4.69, 9.17) is 23.2 Å². The Morgan fingerprint density at radius 3 is 2.57 bits per heavy atom. The van der Waals surface area contributed by atoms with Crippen LogP contribution in [0.15, 0.2) is 59.8 Å². The molecule has 0 bridgehead atoms. The normalized spacial score (nSPS) is 15.0. The highest BCUT2D eigenvalue weighted by Gasteiger charge is 2.22. The zero-order valence-corrected chi connectivity index (χ0v) is 21.3. The van der Waals surface area contributed by atoms with E-state index in [-0.39, 0.29) is 23.1 Å². The molecular formula is C26H22Cl2FN7O. The molecule has 188 valence electrons. The molecule has 4 heterocycles. The molecule has 1 N–H and O–H groups in total. The van der Waals surface area contributed by atoms with Crippen molar-refractivity contribution in [2.75, 3.05) is 25.5 Å². The van der Waals surface area contributed by atoms with E-state index in [9.17, 15) is 4.79 Å². The SMILES string of the molecule is CN1CCC(c2ccc(Nc3ncc4c(=O)n(-c5c(Cl)cccc5Cl)n5ccnc5c4n3)cc2F)CC1. The zero-order chi connectivity index (χ0) is 25.7. The van der Waals surface area contributed by atoms with Gasteiger partial charge in [0.2, 0.25) is 5.95 Å². The van der Waals surface area contributed by atoms with Crippen LogP contribution < -0.4 is 10.9 Å².